The van der Waals surface area contributed by atoms with E-state index in [9.17, 15) is 13.2 Å². The molecule has 0 aliphatic heterocycles. The monoisotopic (exact) mass is 317 g/mol. The zero-order chi connectivity index (χ0) is 16.4. The lowest BCUT2D eigenvalue weighted by atomic mass is 9.87. The van der Waals surface area contributed by atoms with Gasteiger partial charge in [-0.1, -0.05) is 51.1 Å². The van der Waals surface area contributed by atoms with E-state index in [-0.39, 0.29) is 10.3 Å². The zero-order valence-electron chi connectivity index (χ0n) is 12.8. The lowest BCUT2D eigenvalue weighted by Crippen LogP contribution is -2.30. The number of amides is 1. The van der Waals surface area contributed by atoms with Crippen molar-refractivity contribution in [2.24, 2.45) is 0 Å². The molecule has 0 saturated heterocycles. The number of hydrogen-bond acceptors (Lipinski definition) is 3. The van der Waals surface area contributed by atoms with Crippen LogP contribution in [0.4, 0.5) is 0 Å². The molecule has 2 aromatic rings. The van der Waals surface area contributed by atoms with Gasteiger partial charge in [-0.05, 0) is 35.2 Å². The number of hydrogen-bond donors (Lipinski definition) is 1. The van der Waals surface area contributed by atoms with Gasteiger partial charge >= 0.3 is 0 Å². The van der Waals surface area contributed by atoms with Crippen molar-refractivity contribution >= 4 is 15.9 Å². The van der Waals surface area contributed by atoms with E-state index in [1.807, 2.05) is 12.1 Å². The molecule has 0 atom stereocenters. The lowest BCUT2D eigenvalue weighted by molar-refractivity contribution is 0.0981. The smallest absolute Gasteiger partial charge is 0.264 e. The molecule has 5 heteroatoms. The van der Waals surface area contributed by atoms with Crippen molar-refractivity contribution in [3.05, 3.63) is 65.7 Å². The van der Waals surface area contributed by atoms with E-state index in [2.05, 4.69) is 25.5 Å². The van der Waals surface area contributed by atoms with Gasteiger partial charge in [0.1, 0.15) is 0 Å². The zero-order valence-corrected chi connectivity index (χ0v) is 13.6. The van der Waals surface area contributed by atoms with Gasteiger partial charge in [-0.25, -0.2) is 13.1 Å². The highest BCUT2D eigenvalue weighted by Crippen LogP contribution is 2.22. The summed E-state index contributed by atoms with van der Waals surface area (Å²) in [6, 6.07) is 14.8. The Labute approximate surface area is 131 Å². The maximum Gasteiger partial charge on any atom is 0.264 e. The van der Waals surface area contributed by atoms with Crippen LogP contribution in [0.25, 0.3) is 0 Å². The SMILES string of the molecule is CC(C)(C)c1ccc(C(=O)NS(=O)(=O)c2ccccc2)cc1. The van der Waals surface area contributed by atoms with Gasteiger partial charge in [0.15, 0.2) is 0 Å². The van der Waals surface area contributed by atoms with Crippen LogP contribution in [-0.2, 0) is 15.4 Å². The third-order valence-electron chi connectivity index (χ3n) is 3.29. The Hall–Kier alpha value is -2.14. The van der Waals surface area contributed by atoms with Gasteiger partial charge in [-0.2, -0.15) is 0 Å². The molecule has 0 aliphatic carbocycles. The van der Waals surface area contributed by atoms with E-state index < -0.39 is 15.9 Å². The molecule has 22 heavy (non-hydrogen) atoms. The normalized spacial score (nSPS) is 12.0. The van der Waals surface area contributed by atoms with Crippen LogP contribution in [0.1, 0.15) is 36.7 Å². The maximum absolute atomic E-state index is 12.1. The van der Waals surface area contributed by atoms with Crippen LogP contribution >= 0.6 is 0 Å². The van der Waals surface area contributed by atoms with Crippen LogP contribution in [0, 0.1) is 0 Å². The quantitative estimate of drug-likeness (QED) is 0.946. The molecule has 1 N–H and O–H groups in total. The first kappa shape index (κ1) is 16.2. The Morgan fingerprint density at radius 1 is 0.909 bits per heavy atom. The molecule has 2 aromatic carbocycles. The number of carbonyl (C=O) groups excluding carboxylic acids is 1. The Morgan fingerprint density at radius 3 is 1.95 bits per heavy atom. The number of rotatable bonds is 3. The number of carbonyl (C=O) groups is 1. The van der Waals surface area contributed by atoms with Crippen molar-refractivity contribution in [2.75, 3.05) is 0 Å². The second-order valence-electron chi connectivity index (χ2n) is 6.08. The molecule has 4 nitrogen and oxygen atoms in total. The van der Waals surface area contributed by atoms with Crippen molar-refractivity contribution in [1.82, 2.24) is 4.72 Å². The van der Waals surface area contributed by atoms with Gasteiger partial charge in [-0.3, -0.25) is 4.79 Å². The number of sulfonamides is 1. The van der Waals surface area contributed by atoms with Crippen LogP contribution in [0.3, 0.4) is 0 Å². The Kier molecular flexibility index (Phi) is 4.37. The summed E-state index contributed by atoms with van der Waals surface area (Å²) in [5.74, 6) is -0.635. The predicted molar refractivity (Wildman–Crippen MR) is 86.2 cm³/mol. The molecule has 1 amide bonds. The second kappa shape index (κ2) is 5.93. The van der Waals surface area contributed by atoms with E-state index in [1.54, 1.807) is 30.3 Å². The molecular weight excluding hydrogens is 298 g/mol. The fourth-order valence-corrected chi connectivity index (χ4v) is 2.96. The summed E-state index contributed by atoms with van der Waals surface area (Å²) in [7, 11) is -3.85. The number of nitrogens with one attached hydrogen (secondary N) is 1. The van der Waals surface area contributed by atoms with Crippen LogP contribution < -0.4 is 4.72 Å². The molecule has 0 radical (unpaired) electrons. The van der Waals surface area contributed by atoms with E-state index in [0.29, 0.717) is 5.56 Å². The minimum atomic E-state index is -3.85. The third-order valence-corrected chi connectivity index (χ3v) is 4.64. The number of benzene rings is 2. The van der Waals surface area contributed by atoms with Gasteiger partial charge in [-0.15, -0.1) is 0 Å². The predicted octanol–water partition coefficient (Wildman–Crippen LogP) is 3.10. The molecule has 0 spiro atoms. The molecule has 116 valence electrons. The highest BCUT2D eigenvalue weighted by Gasteiger charge is 2.19. The molecule has 0 unspecified atom stereocenters. The topological polar surface area (TPSA) is 63.2 Å². The average molecular weight is 317 g/mol. The van der Waals surface area contributed by atoms with Gasteiger partial charge in [0, 0.05) is 5.56 Å². The maximum atomic E-state index is 12.1. The molecule has 0 aliphatic rings. The van der Waals surface area contributed by atoms with Crippen molar-refractivity contribution in [3.8, 4) is 0 Å². The van der Waals surface area contributed by atoms with Crippen molar-refractivity contribution in [2.45, 2.75) is 31.1 Å². The summed E-state index contributed by atoms with van der Waals surface area (Å²) in [6.07, 6.45) is 0. The van der Waals surface area contributed by atoms with Crippen LogP contribution in [-0.4, -0.2) is 14.3 Å². The van der Waals surface area contributed by atoms with Crippen molar-refractivity contribution in [3.63, 3.8) is 0 Å². The standard InChI is InChI=1S/C17H19NO3S/c1-17(2,3)14-11-9-13(10-12-14)16(19)18-22(20,21)15-7-5-4-6-8-15/h4-12H,1-3H3,(H,18,19). The summed E-state index contributed by atoms with van der Waals surface area (Å²) in [6.45, 7) is 6.21. The first-order chi connectivity index (χ1) is 10.2. The largest absolute Gasteiger partial charge is 0.268 e. The highest BCUT2D eigenvalue weighted by molar-refractivity contribution is 7.90. The summed E-state index contributed by atoms with van der Waals surface area (Å²) < 4.78 is 26.3. The first-order valence-corrected chi connectivity index (χ1v) is 8.41. The fraction of sp³-hybridized carbons (Fsp3) is 0.235. The van der Waals surface area contributed by atoms with Gasteiger partial charge in [0.25, 0.3) is 15.9 Å². The summed E-state index contributed by atoms with van der Waals surface area (Å²) in [5, 5.41) is 0. The summed E-state index contributed by atoms with van der Waals surface area (Å²) >= 11 is 0. The third kappa shape index (κ3) is 3.74. The lowest BCUT2D eigenvalue weighted by Gasteiger charge is -2.19. The minimum Gasteiger partial charge on any atom is -0.268 e. The van der Waals surface area contributed by atoms with E-state index in [1.165, 1.54) is 12.1 Å². The highest BCUT2D eigenvalue weighted by atomic mass is 32.2. The van der Waals surface area contributed by atoms with Crippen LogP contribution in [0.5, 0.6) is 0 Å². The van der Waals surface area contributed by atoms with E-state index in [0.717, 1.165) is 5.56 Å². The average Bonchev–Trinajstić information content (AvgIpc) is 2.47. The summed E-state index contributed by atoms with van der Waals surface area (Å²) in [5.41, 5.74) is 1.37. The Bertz CT molecular complexity index is 758. The van der Waals surface area contributed by atoms with Gasteiger partial charge < -0.3 is 0 Å². The van der Waals surface area contributed by atoms with Crippen molar-refractivity contribution in [1.29, 1.82) is 0 Å². The second-order valence-corrected chi connectivity index (χ2v) is 7.76. The van der Waals surface area contributed by atoms with Gasteiger partial charge in [0.2, 0.25) is 0 Å². The first-order valence-electron chi connectivity index (χ1n) is 6.93. The molecule has 0 bridgehead atoms. The van der Waals surface area contributed by atoms with Crippen molar-refractivity contribution < 1.29 is 13.2 Å². The van der Waals surface area contributed by atoms with Gasteiger partial charge in [0.05, 0.1) is 4.90 Å². The van der Waals surface area contributed by atoms with E-state index in [4.69, 9.17) is 0 Å². The Balaban J connectivity index is 2.19. The van der Waals surface area contributed by atoms with Crippen LogP contribution in [0.2, 0.25) is 0 Å². The van der Waals surface area contributed by atoms with Crippen LogP contribution in [0.15, 0.2) is 59.5 Å². The molecule has 0 fully saturated rings. The summed E-state index contributed by atoms with van der Waals surface area (Å²) in [4.78, 5) is 12.2. The molecular formula is C17H19NO3S. The van der Waals surface area contributed by atoms with E-state index >= 15 is 0 Å². The fourth-order valence-electron chi connectivity index (χ4n) is 1.96. The molecule has 2 rings (SSSR count). The molecule has 0 heterocycles. The Morgan fingerprint density at radius 2 is 1.45 bits per heavy atom. The molecule has 0 aromatic heterocycles. The molecule has 0 saturated carbocycles. The minimum absolute atomic E-state index is 0.0227.